The number of H-pyrrole nitrogens is 1. The van der Waals surface area contributed by atoms with Crippen molar-refractivity contribution in [2.75, 3.05) is 19.7 Å². The number of nitrogens with zero attached hydrogens (tertiary/aromatic N) is 2. The molecular weight excluding hydrogens is 478 g/mol. The topological polar surface area (TPSA) is 113 Å². The standard InChI is InChI=1S/C27H27N3O5S/c31-27(32)20-5-9-22(10-6-20)35-17-3-4-21-18-25-24(13-14-28-26(25)29-21)19-7-11-23(12-8-19)36(33,34)30-15-1-2-16-30/h5-14,18H,1-4,15-17H2,(H,28,29)(H,31,32). The molecular formula is C27H27N3O5S. The van der Waals surface area contributed by atoms with E-state index in [1.165, 1.54) is 12.1 Å². The number of carboxylic acids is 1. The fourth-order valence-corrected chi connectivity index (χ4v) is 6.02. The Morgan fingerprint density at radius 3 is 2.44 bits per heavy atom. The highest BCUT2D eigenvalue weighted by Gasteiger charge is 2.27. The van der Waals surface area contributed by atoms with E-state index in [1.54, 1.807) is 34.8 Å². The lowest BCUT2D eigenvalue weighted by Crippen LogP contribution is -2.27. The number of sulfonamides is 1. The van der Waals surface area contributed by atoms with Crippen molar-refractivity contribution in [2.24, 2.45) is 0 Å². The predicted octanol–water partition coefficient (Wildman–Crippen LogP) is 4.72. The van der Waals surface area contributed by atoms with Crippen LogP contribution in [0.15, 0.2) is 71.8 Å². The second-order valence-corrected chi connectivity index (χ2v) is 10.8. The first-order valence-electron chi connectivity index (χ1n) is 12.0. The third-order valence-corrected chi connectivity index (χ3v) is 8.33. The number of aromatic nitrogens is 2. The Hall–Kier alpha value is -3.69. The molecule has 2 aromatic carbocycles. The molecule has 1 aliphatic rings. The first-order valence-corrected chi connectivity index (χ1v) is 13.4. The van der Waals surface area contributed by atoms with Gasteiger partial charge in [-0.25, -0.2) is 18.2 Å². The second-order valence-electron chi connectivity index (χ2n) is 8.83. The van der Waals surface area contributed by atoms with Gasteiger partial charge in [0.25, 0.3) is 0 Å². The summed E-state index contributed by atoms with van der Waals surface area (Å²) >= 11 is 0. The fraction of sp³-hybridized carbons (Fsp3) is 0.259. The van der Waals surface area contributed by atoms with Crippen molar-refractivity contribution >= 4 is 27.0 Å². The van der Waals surface area contributed by atoms with E-state index in [1.807, 2.05) is 18.2 Å². The number of hydrogen-bond donors (Lipinski definition) is 2. The minimum Gasteiger partial charge on any atom is -0.494 e. The molecule has 0 bridgehead atoms. The third-order valence-electron chi connectivity index (χ3n) is 6.42. The van der Waals surface area contributed by atoms with Gasteiger partial charge in [-0.2, -0.15) is 4.31 Å². The van der Waals surface area contributed by atoms with Crippen LogP contribution in [0.4, 0.5) is 0 Å². The minimum atomic E-state index is -3.44. The lowest BCUT2D eigenvalue weighted by molar-refractivity contribution is 0.0697. The minimum absolute atomic E-state index is 0.228. The number of hydrogen-bond acceptors (Lipinski definition) is 5. The molecule has 0 aliphatic carbocycles. The molecule has 1 saturated heterocycles. The van der Waals surface area contributed by atoms with E-state index in [2.05, 4.69) is 16.0 Å². The molecule has 9 heteroatoms. The van der Waals surface area contributed by atoms with E-state index in [0.29, 0.717) is 30.3 Å². The summed E-state index contributed by atoms with van der Waals surface area (Å²) in [5.41, 5.74) is 3.96. The van der Waals surface area contributed by atoms with Crippen LogP contribution in [0.1, 0.15) is 35.3 Å². The first kappa shape index (κ1) is 24.0. The van der Waals surface area contributed by atoms with Gasteiger partial charge in [0, 0.05) is 30.4 Å². The van der Waals surface area contributed by atoms with Crippen LogP contribution in [0, 0.1) is 0 Å². The summed E-state index contributed by atoms with van der Waals surface area (Å²) in [7, 11) is -3.44. The Balaban J connectivity index is 1.26. The fourth-order valence-electron chi connectivity index (χ4n) is 4.50. The van der Waals surface area contributed by atoms with Crippen LogP contribution < -0.4 is 4.74 Å². The molecule has 8 nitrogen and oxygen atoms in total. The van der Waals surface area contributed by atoms with Gasteiger partial charge in [0.05, 0.1) is 17.1 Å². The van der Waals surface area contributed by atoms with Gasteiger partial charge in [-0.3, -0.25) is 0 Å². The van der Waals surface area contributed by atoms with Crippen molar-refractivity contribution in [1.82, 2.24) is 14.3 Å². The van der Waals surface area contributed by atoms with E-state index < -0.39 is 16.0 Å². The Kier molecular flexibility index (Phi) is 6.75. The maximum absolute atomic E-state index is 12.8. The van der Waals surface area contributed by atoms with Gasteiger partial charge >= 0.3 is 5.97 Å². The molecule has 4 aromatic rings. The van der Waals surface area contributed by atoms with E-state index in [4.69, 9.17) is 9.84 Å². The van der Waals surface area contributed by atoms with Crippen LogP contribution in [0.3, 0.4) is 0 Å². The molecule has 5 rings (SSSR count). The molecule has 1 fully saturated rings. The molecule has 0 atom stereocenters. The number of nitrogens with one attached hydrogen (secondary N) is 1. The first-order chi connectivity index (χ1) is 17.4. The number of carbonyl (C=O) groups is 1. The number of aryl methyl sites for hydroxylation is 1. The zero-order valence-electron chi connectivity index (χ0n) is 19.7. The predicted molar refractivity (Wildman–Crippen MR) is 137 cm³/mol. The van der Waals surface area contributed by atoms with Crippen molar-refractivity contribution in [3.05, 3.63) is 78.1 Å². The van der Waals surface area contributed by atoms with Crippen LogP contribution in [-0.2, 0) is 16.4 Å². The Morgan fingerprint density at radius 2 is 1.75 bits per heavy atom. The molecule has 0 saturated carbocycles. The molecule has 2 aromatic heterocycles. The van der Waals surface area contributed by atoms with Gasteiger partial charge in [-0.1, -0.05) is 12.1 Å². The number of ether oxygens (including phenoxy) is 1. The van der Waals surface area contributed by atoms with Crippen molar-refractivity contribution in [1.29, 1.82) is 0 Å². The maximum Gasteiger partial charge on any atom is 0.335 e. The van der Waals surface area contributed by atoms with Crippen molar-refractivity contribution in [2.45, 2.75) is 30.6 Å². The molecule has 0 radical (unpaired) electrons. The third kappa shape index (κ3) is 4.98. The summed E-state index contributed by atoms with van der Waals surface area (Å²) in [5.74, 6) is -0.327. The lowest BCUT2D eigenvalue weighted by atomic mass is 10.0. The quantitative estimate of drug-likeness (QED) is 0.318. The highest BCUT2D eigenvalue weighted by Crippen LogP contribution is 2.30. The summed E-state index contributed by atoms with van der Waals surface area (Å²) in [4.78, 5) is 19.1. The van der Waals surface area contributed by atoms with Crippen LogP contribution in [-0.4, -0.2) is 53.5 Å². The Bertz CT molecular complexity index is 1470. The summed E-state index contributed by atoms with van der Waals surface area (Å²) < 4.78 is 33.0. The summed E-state index contributed by atoms with van der Waals surface area (Å²) in [6, 6.07) is 17.5. The molecule has 186 valence electrons. The number of benzene rings is 2. The van der Waals surface area contributed by atoms with Gasteiger partial charge in [-0.05, 0) is 85.3 Å². The largest absolute Gasteiger partial charge is 0.494 e. The number of carboxylic acid groups (broad SMARTS) is 1. The van der Waals surface area contributed by atoms with Gasteiger partial charge in [0.15, 0.2) is 0 Å². The summed E-state index contributed by atoms with van der Waals surface area (Å²) in [5, 5.41) is 9.96. The molecule has 0 unspecified atom stereocenters. The molecule has 0 spiro atoms. The smallest absolute Gasteiger partial charge is 0.335 e. The lowest BCUT2D eigenvalue weighted by Gasteiger charge is -2.15. The SMILES string of the molecule is O=C(O)c1ccc(OCCCc2cc3c(-c4ccc(S(=O)(=O)N5CCCC5)cc4)ccnc3[nH]2)cc1. The highest BCUT2D eigenvalue weighted by atomic mass is 32.2. The van der Waals surface area contributed by atoms with E-state index in [9.17, 15) is 13.2 Å². The zero-order valence-corrected chi connectivity index (χ0v) is 20.5. The average Bonchev–Trinajstić information content (AvgIpc) is 3.57. The Morgan fingerprint density at radius 1 is 1.03 bits per heavy atom. The van der Waals surface area contributed by atoms with Crippen molar-refractivity contribution < 1.29 is 23.1 Å². The van der Waals surface area contributed by atoms with Gasteiger partial charge < -0.3 is 14.8 Å². The summed E-state index contributed by atoms with van der Waals surface area (Å²) in [6.45, 7) is 1.67. The number of pyridine rings is 1. The van der Waals surface area contributed by atoms with Crippen LogP contribution in [0.5, 0.6) is 5.75 Å². The molecule has 36 heavy (non-hydrogen) atoms. The number of aromatic carboxylic acids is 1. The van der Waals surface area contributed by atoms with Gasteiger partial charge in [-0.15, -0.1) is 0 Å². The van der Waals surface area contributed by atoms with Gasteiger partial charge in [0.2, 0.25) is 10.0 Å². The van der Waals surface area contributed by atoms with E-state index in [0.717, 1.165) is 53.5 Å². The number of aromatic amines is 1. The Labute approximate surface area is 209 Å². The summed E-state index contributed by atoms with van der Waals surface area (Å²) in [6.07, 6.45) is 5.10. The normalized spacial score (nSPS) is 14.3. The van der Waals surface area contributed by atoms with Crippen LogP contribution in [0.2, 0.25) is 0 Å². The molecule has 0 amide bonds. The number of rotatable bonds is 9. The van der Waals surface area contributed by atoms with Gasteiger partial charge in [0.1, 0.15) is 11.4 Å². The monoisotopic (exact) mass is 505 g/mol. The highest BCUT2D eigenvalue weighted by molar-refractivity contribution is 7.89. The maximum atomic E-state index is 12.8. The average molecular weight is 506 g/mol. The van der Waals surface area contributed by atoms with Crippen molar-refractivity contribution in [3.63, 3.8) is 0 Å². The van der Waals surface area contributed by atoms with Crippen LogP contribution >= 0.6 is 0 Å². The zero-order chi connectivity index (χ0) is 25.1. The number of fused-ring (bicyclic) bond motifs is 1. The van der Waals surface area contributed by atoms with Crippen LogP contribution in [0.25, 0.3) is 22.2 Å². The van der Waals surface area contributed by atoms with E-state index in [-0.39, 0.29) is 5.56 Å². The second kappa shape index (κ2) is 10.1. The van der Waals surface area contributed by atoms with E-state index >= 15 is 0 Å². The molecule has 2 N–H and O–H groups in total. The molecule has 1 aliphatic heterocycles. The molecule has 3 heterocycles. The van der Waals surface area contributed by atoms with Crippen molar-refractivity contribution in [3.8, 4) is 16.9 Å².